The summed E-state index contributed by atoms with van der Waals surface area (Å²) >= 11 is 0. The summed E-state index contributed by atoms with van der Waals surface area (Å²) in [6, 6.07) is 0. The van der Waals surface area contributed by atoms with Gasteiger partial charge >= 0.3 is 11.9 Å². The fraction of sp³-hybridized carbons (Fsp3) is 0.778. The highest BCUT2D eigenvalue weighted by Crippen LogP contribution is 2.18. The summed E-state index contributed by atoms with van der Waals surface area (Å²) in [7, 11) is -2.59. The molecule has 9 heteroatoms. The standard InChI is InChI=1S/C9H16N2O6S/c1-17-8(12)6-10-18(15,16)11-4-2-7(3-5-11)9(13)14/h7,10H,2-6H2,1H3,(H,13,14). The molecule has 0 aromatic heterocycles. The van der Waals surface area contributed by atoms with E-state index in [1.165, 1.54) is 0 Å². The molecule has 1 rings (SSSR count). The van der Waals surface area contributed by atoms with Gasteiger partial charge in [-0.05, 0) is 12.8 Å². The van der Waals surface area contributed by atoms with Crippen LogP contribution in [0.3, 0.4) is 0 Å². The average Bonchev–Trinajstić information content (AvgIpc) is 2.36. The molecule has 104 valence electrons. The number of hydrogen-bond donors (Lipinski definition) is 2. The Bertz CT molecular complexity index is 413. The Labute approximate surface area is 105 Å². The number of aliphatic carboxylic acids is 1. The van der Waals surface area contributed by atoms with Crippen LogP contribution in [0.1, 0.15) is 12.8 Å². The number of rotatable bonds is 5. The van der Waals surface area contributed by atoms with E-state index in [2.05, 4.69) is 9.46 Å². The number of carbonyl (C=O) groups is 2. The predicted octanol–water partition coefficient (Wildman–Crippen LogP) is -1.21. The highest BCUT2D eigenvalue weighted by molar-refractivity contribution is 7.87. The maximum Gasteiger partial charge on any atom is 0.320 e. The third-order valence-electron chi connectivity index (χ3n) is 2.77. The minimum Gasteiger partial charge on any atom is -0.481 e. The zero-order chi connectivity index (χ0) is 13.8. The number of hydrogen-bond acceptors (Lipinski definition) is 5. The second kappa shape index (κ2) is 6.12. The van der Waals surface area contributed by atoms with Crippen LogP contribution in [0.2, 0.25) is 0 Å². The number of carboxylic acids is 1. The van der Waals surface area contributed by atoms with Crippen LogP contribution >= 0.6 is 0 Å². The number of esters is 1. The third kappa shape index (κ3) is 3.93. The summed E-state index contributed by atoms with van der Waals surface area (Å²) in [5, 5.41) is 8.79. The molecule has 0 amide bonds. The van der Waals surface area contributed by atoms with Crippen LogP contribution in [0.25, 0.3) is 0 Å². The smallest absolute Gasteiger partial charge is 0.320 e. The van der Waals surface area contributed by atoms with Gasteiger partial charge in [-0.2, -0.15) is 17.4 Å². The van der Waals surface area contributed by atoms with Gasteiger partial charge in [-0.25, -0.2) is 0 Å². The van der Waals surface area contributed by atoms with Crippen molar-refractivity contribution in [1.82, 2.24) is 9.03 Å². The first-order chi connectivity index (χ1) is 8.36. The van der Waals surface area contributed by atoms with E-state index in [0.29, 0.717) is 0 Å². The maximum atomic E-state index is 11.7. The minimum atomic E-state index is -3.75. The van der Waals surface area contributed by atoms with E-state index in [1.807, 2.05) is 0 Å². The van der Waals surface area contributed by atoms with Crippen LogP contribution in [0.4, 0.5) is 0 Å². The van der Waals surface area contributed by atoms with Crippen molar-refractivity contribution in [2.45, 2.75) is 12.8 Å². The van der Waals surface area contributed by atoms with Crippen molar-refractivity contribution >= 4 is 22.1 Å². The summed E-state index contributed by atoms with van der Waals surface area (Å²) in [6.45, 7) is -0.168. The molecule has 0 atom stereocenters. The van der Waals surface area contributed by atoms with Gasteiger partial charge in [-0.1, -0.05) is 0 Å². The van der Waals surface area contributed by atoms with Gasteiger partial charge in [0.25, 0.3) is 10.2 Å². The number of piperidine rings is 1. The molecule has 0 radical (unpaired) electrons. The number of carbonyl (C=O) groups excluding carboxylic acids is 1. The first kappa shape index (κ1) is 14.9. The highest BCUT2D eigenvalue weighted by Gasteiger charge is 2.30. The summed E-state index contributed by atoms with van der Waals surface area (Å²) < 4.78 is 31.0. The molecule has 0 saturated carbocycles. The van der Waals surface area contributed by atoms with Gasteiger partial charge in [0.2, 0.25) is 0 Å². The molecule has 0 aromatic carbocycles. The molecule has 0 unspecified atom stereocenters. The Morgan fingerprint density at radius 2 is 1.94 bits per heavy atom. The molecule has 1 aliphatic heterocycles. The van der Waals surface area contributed by atoms with E-state index in [0.717, 1.165) is 11.4 Å². The Hall–Kier alpha value is -1.19. The monoisotopic (exact) mass is 280 g/mol. The molecule has 2 N–H and O–H groups in total. The maximum absolute atomic E-state index is 11.7. The van der Waals surface area contributed by atoms with Crippen LogP contribution in [0.5, 0.6) is 0 Å². The Morgan fingerprint density at radius 1 is 1.39 bits per heavy atom. The first-order valence-electron chi connectivity index (χ1n) is 5.41. The largest absolute Gasteiger partial charge is 0.481 e. The summed E-state index contributed by atoms with van der Waals surface area (Å²) in [5.41, 5.74) is 0. The van der Waals surface area contributed by atoms with Crippen LogP contribution < -0.4 is 4.72 Å². The molecule has 1 aliphatic rings. The molecule has 0 aromatic rings. The number of ether oxygens (including phenoxy) is 1. The molecule has 0 spiro atoms. The number of methoxy groups -OCH3 is 1. The molecule has 1 fully saturated rings. The van der Waals surface area contributed by atoms with Gasteiger partial charge in [0.05, 0.1) is 13.0 Å². The fourth-order valence-corrected chi connectivity index (χ4v) is 2.83. The van der Waals surface area contributed by atoms with E-state index in [4.69, 9.17) is 5.11 Å². The van der Waals surface area contributed by atoms with Gasteiger partial charge in [0, 0.05) is 13.1 Å². The van der Waals surface area contributed by atoms with E-state index >= 15 is 0 Å². The van der Waals surface area contributed by atoms with Crippen molar-refractivity contribution < 1.29 is 27.9 Å². The van der Waals surface area contributed by atoms with Crippen LogP contribution in [0.15, 0.2) is 0 Å². The van der Waals surface area contributed by atoms with E-state index in [1.54, 1.807) is 0 Å². The van der Waals surface area contributed by atoms with E-state index < -0.39 is 34.6 Å². The van der Waals surface area contributed by atoms with Crippen molar-refractivity contribution in [3.63, 3.8) is 0 Å². The minimum absolute atomic E-state index is 0.132. The second-order valence-corrected chi connectivity index (χ2v) is 5.67. The number of nitrogens with zero attached hydrogens (tertiary/aromatic N) is 1. The summed E-state index contributed by atoms with van der Waals surface area (Å²) in [6.07, 6.45) is 0.545. The van der Waals surface area contributed by atoms with Crippen LogP contribution in [-0.4, -0.2) is 56.5 Å². The van der Waals surface area contributed by atoms with Gasteiger partial charge < -0.3 is 9.84 Å². The second-order valence-electron chi connectivity index (χ2n) is 3.91. The third-order valence-corrected chi connectivity index (χ3v) is 4.32. The Kier molecular flexibility index (Phi) is 5.05. The fourth-order valence-electron chi connectivity index (χ4n) is 1.66. The SMILES string of the molecule is COC(=O)CNS(=O)(=O)N1CCC(C(=O)O)CC1. The quantitative estimate of drug-likeness (QED) is 0.611. The molecule has 0 bridgehead atoms. The van der Waals surface area contributed by atoms with Gasteiger partial charge in [-0.3, -0.25) is 9.59 Å². The first-order valence-corrected chi connectivity index (χ1v) is 6.85. The van der Waals surface area contributed by atoms with Gasteiger partial charge in [0.1, 0.15) is 6.54 Å². The molecule has 0 aliphatic carbocycles. The zero-order valence-corrected chi connectivity index (χ0v) is 10.8. The lowest BCUT2D eigenvalue weighted by Gasteiger charge is -2.29. The molecule has 18 heavy (non-hydrogen) atoms. The summed E-state index contributed by atoms with van der Waals surface area (Å²) in [4.78, 5) is 21.6. The van der Waals surface area contributed by atoms with Gasteiger partial charge in [-0.15, -0.1) is 0 Å². The van der Waals surface area contributed by atoms with Crippen molar-refractivity contribution in [3.05, 3.63) is 0 Å². The van der Waals surface area contributed by atoms with Crippen molar-refractivity contribution in [2.75, 3.05) is 26.7 Å². The van der Waals surface area contributed by atoms with Gasteiger partial charge in [0.15, 0.2) is 0 Å². The van der Waals surface area contributed by atoms with Crippen molar-refractivity contribution in [1.29, 1.82) is 0 Å². The normalized spacial score (nSPS) is 18.5. The lowest BCUT2D eigenvalue weighted by molar-refractivity contribution is -0.143. The number of carboxylic acid groups (broad SMARTS) is 1. The Morgan fingerprint density at radius 3 is 2.39 bits per heavy atom. The van der Waals surface area contributed by atoms with Crippen molar-refractivity contribution in [3.8, 4) is 0 Å². The van der Waals surface area contributed by atoms with E-state index in [9.17, 15) is 18.0 Å². The number of nitrogens with one attached hydrogen (secondary N) is 1. The van der Waals surface area contributed by atoms with Crippen LogP contribution in [-0.2, 0) is 24.5 Å². The molecule has 1 saturated heterocycles. The summed E-state index contributed by atoms with van der Waals surface area (Å²) in [5.74, 6) is -2.09. The zero-order valence-electron chi connectivity index (χ0n) is 9.96. The highest BCUT2D eigenvalue weighted by atomic mass is 32.2. The lowest BCUT2D eigenvalue weighted by Crippen LogP contribution is -2.47. The van der Waals surface area contributed by atoms with E-state index in [-0.39, 0.29) is 25.9 Å². The lowest BCUT2D eigenvalue weighted by atomic mass is 9.99. The predicted molar refractivity (Wildman–Crippen MR) is 60.9 cm³/mol. The molecular formula is C9H16N2O6S. The average molecular weight is 280 g/mol. The molecular weight excluding hydrogens is 264 g/mol. The molecule has 8 nitrogen and oxygen atoms in total. The Balaban J connectivity index is 2.50. The topological polar surface area (TPSA) is 113 Å². The van der Waals surface area contributed by atoms with Crippen LogP contribution in [0, 0.1) is 5.92 Å². The molecule has 1 heterocycles. The van der Waals surface area contributed by atoms with Crippen molar-refractivity contribution in [2.24, 2.45) is 5.92 Å².